The lowest BCUT2D eigenvalue weighted by molar-refractivity contribution is -0.160. The zero-order valence-electron chi connectivity index (χ0n) is 23.5. The van der Waals surface area contributed by atoms with E-state index in [-0.39, 0.29) is 64.4 Å². The van der Waals surface area contributed by atoms with Crippen molar-refractivity contribution in [3.63, 3.8) is 0 Å². The number of methoxy groups -OCH3 is 1. The van der Waals surface area contributed by atoms with Crippen molar-refractivity contribution in [1.29, 1.82) is 0 Å². The molecule has 44 heavy (non-hydrogen) atoms. The van der Waals surface area contributed by atoms with Gasteiger partial charge in [-0.1, -0.05) is 23.7 Å². The van der Waals surface area contributed by atoms with Crippen molar-refractivity contribution < 1.29 is 42.1 Å². The minimum atomic E-state index is -4.61. The molecular weight excluding hydrogens is 608 g/mol. The number of likely N-dealkylation sites (tertiary alicyclic amines) is 1. The average Bonchev–Trinajstić information content (AvgIpc) is 3.69. The normalized spacial score (nSPS) is 20.6. The molecular formula is C30H29ClF4N4O5. The quantitative estimate of drug-likeness (QED) is 0.247. The van der Waals surface area contributed by atoms with Crippen molar-refractivity contribution in [2.75, 3.05) is 20.2 Å². The zero-order chi connectivity index (χ0) is 31.6. The number of carboxylic acids is 1. The van der Waals surface area contributed by atoms with E-state index in [9.17, 15) is 33.0 Å². The molecule has 2 fully saturated rings. The Morgan fingerprint density at radius 3 is 2.55 bits per heavy atom. The van der Waals surface area contributed by atoms with Gasteiger partial charge in [0.15, 0.2) is 6.35 Å². The van der Waals surface area contributed by atoms with Crippen LogP contribution in [0, 0.1) is 5.82 Å². The van der Waals surface area contributed by atoms with Gasteiger partial charge >= 0.3 is 12.1 Å². The van der Waals surface area contributed by atoms with Crippen LogP contribution in [0.2, 0.25) is 5.02 Å². The third kappa shape index (κ3) is 5.20. The molecule has 3 aromatic rings. The number of alkyl halides is 3. The first-order chi connectivity index (χ1) is 20.8. The molecule has 1 saturated carbocycles. The van der Waals surface area contributed by atoms with Gasteiger partial charge in [0.2, 0.25) is 0 Å². The number of hydrogen-bond donors (Lipinski definition) is 3. The lowest BCUT2D eigenvalue weighted by Crippen LogP contribution is -2.62. The smallest absolute Gasteiger partial charge is 0.398 e. The van der Waals surface area contributed by atoms with Crippen LogP contribution in [-0.4, -0.2) is 81.6 Å². The summed E-state index contributed by atoms with van der Waals surface area (Å²) in [5, 5.41) is 27.4. The Kier molecular flexibility index (Phi) is 7.82. The standard InChI is InChI=1S/C30H29ClF4N4O5/c1-44-17-13-38(14-17)28(43)36-16-6-8-19-23(12-16)39(37-25(19)18-7-5-15(27(41)42)11-22(18)32)26(40)24-20(3-2-4-21(24)31)29(9-10-29)30(33,34)35/h2-5,7,11,16-17,28,36,43H,6,8-10,12-14H2,1H3,(H,41,42). The molecule has 1 aliphatic heterocycles. The van der Waals surface area contributed by atoms with Crippen molar-refractivity contribution in [3.8, 4) is 11.3 Å². The maximum atomic E-state index is 15.3. The lowest BCUT2D eigenvalue weighted by atomic mass is 9.88. The third-order valence-corrected chi connectivity index (χ3v) is 9.23. The summed E-state index contributed by atoms with van der Waals surface area (Å²) in [7, 11) is 1.59. The first kappa shape index (κ1) is 30.7. The second kappa shape index (κ2) is 11.2. The van der Waals surface area contributed by atoms with E-state index in [0.29, 0.717) is 37.2 Å². The summed E-state index contributed by atoms with van der Waals surface area (Å²) < 4.78 is 64.1. The molecule has 0 amide bonds. The molecule has 2 heterocycles. The van der Waals surface area contributed by atoms with E-state index in [0.717, 1.165) is 10.7 Å². The van der Waals surface area contributed by atoms with Gasteiger partial charge in [0.05, 0.1) is 39.1 Å². The highest BCUT2D eigenvalue weighted by molar-refractivity contribution is 6.34. The highest BCUT2D eigenvalue weighted by Gasteiger charge is 2.65. The van der Waals surface area contributed by atoms with Crippen LogP contribution in [0.25, 0.3) is 11.3 Å². The first-order valence-electron chi connectivity index (χ1n) is 14.1. The molecule has 1 saturated heterocycles. The number of hydrogen-bond acceptors (Lipinski definition) is 7. The Morgan fingerprint density at radius 1 is 1.20 bits per heavy atom. The Hall–Kier alpha value is -3.36. The number of aromatic carboxylic acids is 1. The van der Waals surface area contributed by atoms with Crippen molar-refractivity contribution in [2.24, 2.45) is 0 Å². The summed E-state index contributed by atoms with van der Waals surface area (Å²) in [6, 6.07) is 6.92. The van der Waals surface area contributed by atoms with Gasteiger partial charge in [0.25, 0.3) is 5.91 Å². The molecule has 0 radical (unpaired) electrons. The minimum Gasteiger partial charge on any atom is -0.478 e. The van der Waals surface area contributed by atoms with Gasteiger partial charge in [0.1, 0.15) is 5.82 Å². The second-order valence-electron chi connectivity index (χ2n) is 11.5. The molecule has 2 atom stereocenters. The average molecular weight is 637 g/mol. The van der Waals surface area contributed by atoms with Gasteiger partial charge in [-0.25, -0.2) is 9.18 Å². The van der Waals surface area contributed by atoms with Crippen LogP contribution in [0.3, 0.4) is 0 Å². The molecule has 2 aromatic carbocycles. The van der Waals surface area contributed by atoms with Crippen LogP contribution < -0.4 is 5.32 Å². The third-order valence-electron chi connectivity index (χ3n) is 8.91. The number of fused-ring (bicyclic) bond motifs is 1. The van der Waals surface area contributed by atoms with E-state index in [1.807, 2.05) is 0 Å². The van der Waals surface area contributed by atoms with Crippen LogP contribution in [0.15, 0.2) is 36.4 Å². The summed E-state index contributed by atoms with van der Waals surface area (Å²) in [4.78, 5) is 27.3. The molecule has 0 bridgehead atoms. The number of aliphatic hydroxyl groups excluding tert-OH is 1. The van der Waals surface area contributed by atoms with Gasteiger partial charge in [-0.3, -0.25) is 15.0 Å². The van der Waals surface area contributed by atoms with Crippen molar-refractivity contribution in [1.82, 2.24) is 20.0 Å². The second-order valence-corrected chi connectivity index (χ2v) is 11.9. The summed E-state index contributed by atoms with van der Waals surface area (Å²) in [6.07, 6.45) is -5.07. The molecule has 2 unspecified atom stereocenters. The number of benzene rings is 2. The molecule has 1 aromatic heterocycles. The van der Waals surface area contributed by atoms with E-state index < -0.39 is 35.6 Å². The van der Waals surface area contributed by atoms with Crippen LogP contribution in [0.5, 0.6) is 0 Å². The fraction of sp³-hybridized carbons (Fsp3) is 0.433. The molecule has 9 nitrogen and oxygen atoms in total. The highest BCUT2D eigenvalue weighted by Crippen LogP contribution is 2.60. The number of rotatable bonds is 8. The van der Waals surface area contributed by atoms with Crippen molar-refractivity contribution in [2.45, 2.75) is 62.2 Å². The van der Waals surface area contributed by atoms with Crippen LogP contribution >= 0.6 is 11.6 Å². The number of carbonyl (C=O) groups is 2. The maximum Gasteiger partial charge on any atom is 0.398 e. The maximum absolute atomic E-state index is 15.3. The number of aromatic nitrogens is 2. The van der Waals surface area contributed by atoms with E-state index in [4.69, 9.17) is 16.3 Å². The molecule has 234 valence electrons. The molecule has 0 spiro atoms. The molecule has 3 aliphatic rings. The summed E-state index contributed by atoms with van der Waals surface area (Å²) in [5.41, 5.74) is -2.19. The number of ether oxygens (including phenoxy) is 1. The van der Waals surface area contributed by atoms with Gasteiger partial charge in [0, 0.05) is 43.8 Å². The topological polar surface area (TPSA) is 117 Å². The predicted octanol–water partition coefficient (Wildman–Crippen LogP) is 4.38. The zero-order valence-corrected chi connectivity index (χ0v) is 24.3. The Bertz CT molecular complexity index is 1630. The molecule has 2 aliphatic carbocycles. The van der Waals surface area contributed by atoms with Crippen LogP contribution in [0.1, 0.15) is 56.8 Å². The fourth-order valence-corrected chi connectivity index (χ4v) is 6.45. The number of carbonyl (C=O) groups excluding carboxylic acids is 1. The van der Waals surface area contributed by atoms with E-state index in [1.54, 1.807) is 12.0 Å². The highest BCUT2D eigenvalue weighted by atomic mass is 35.5. The van der Waals surface area contributed by atoms with Crippen LogP contribution in [-0.2, 0) is 23.0 Å². The lowest BCUT2D eigenvalue weighted by Gasteiger charge is -2.42. The monoisotopic (exact) mass is 636 g/mol. The number of carboxylic acid groups (broad SMARTS) is 1. The number of nitrogens with one attached hydrogen (secondary N) is 1. The Balaban J connectivity index is 1.41. The van der Waals surface area contributed by atoms with Crippen LogP contribution in [0.4, 0.5) is 17.6 Å². The minimum absolute atomic E-state index is 0.00436. The Labute approximate surface area is 254 Å². The van der Waals surface area contributed by atoms with E-state index >= 15 is 4.39 Å². The molecule has 14 heteroatoms. The van der Waals surface area contributed by atoms with Gasteiger partial charge in [-0.05, 0) is 55.5 Å². The predicted molar refractivity (Wildman–Crippen MR) is 150 cm³/mol. The first-order valence-corrected chi connectivity index (χ1v) is 14.5. The number of nitrogens with zero attached hydrogens (tertiary/aromatic N) is 3. The molecule has 6 rings (SSSR count). The number of halogens is 5. The van der Waals surface area contributed by atoms with Crippen molar-refractivity contribution >= 4 is 23.5 Å². The van der Waals surface area contributed by atoms with E-state index in [1.165, 1.54) is 30.3 Å². The SMILES string of the molecule is COC1CN(C(O)NC2CCc3c(-c4ccc(C(=O)O)cc4F)nn(C(=O)c4c(Cl)cccc4C4(C(F)(F)F)CC4)c3C2)C1. The summed E-state index contributed by atoms with van der Waals surface area (Å²) >= 11 is 6.41. The van der Waals surface area contributed by atoms with E-state index in [2.05, 4.69) is 10.4 Å². The van der Waals surface area contributed by atoms with Gasteiger partial charge < -0.3 is 14.9 Å². The number of aliphatic hydroxyl groups is 1. The summed E-state index contributed by atoms with van der Waals surface area (Å²) in [6.45, 7) is 1.04. The van der Waals surface area contributed by atoms with Crippen molar-refractivity contribution in [3.05, 3.63) is 75.2 Å². The summed E-state index contributed by atoms with van der Waals surface area (Å²) in [5.74, 6) is -3.09. The van der Waals surface area contributed by atoms with Gasteiger partial charge in [-0.15, -0.1) is 0 Å². The molecule has 3 N–H and O–H groups in total. The van der Waals surface area contributed by atoms with Gasteiger partial charge in [-0.2, -0.15) is 23.0 Å². The fourth-order valence-electron chi connectivity index (χ4n) is 6.19. The Morgan fingerprint density at radius 2 is 1.93 bits per heavy atom. The largest absolute Gasteiger partial charge is 0.478 e.